The third kappa shape index (κ3) is 6.21. The van der Waals surface area contributed by atoms with Crippen LogP contribution in [0.3, 0.4) is 0 Å². The van der Waals surface area contributed by atoms with Crippen LogP contribution in [0.15, 0.2) is 93.1 Å². The summed E-state index contributed by atoms with van der Waals surface area (Å²) in [7, 11) is -7.32. The molecule has 7 nitrogen and oxygen atoms in total. The summed E-state index contributed by atoms with van der Waals surface area (Å²) in [6, 6.07) is 20.3. The fourth-order valence-electron chi connectivity index (χ4n) is 3.15. The Morgan fingerprint density at radius 1 is 0.879 bits per heavy atom. The van der Waals surface area contributed by atoms with Crippen LogP contribution in [0.1, 0.15) is 18.5 Å². The average molecular weight is 551 g/mol. The molecule has 0 aliphatic heterocycles. The van der Waals surface area contributed by atoms with Gasteiger partial charge in [-0.25, -0.2) is 16.8 Å². The van der Waals surface area contributed by atoms with Gasteiger partial charge in [0, 0.05) is 10.7 Å². The zero-order valence-electron chi connectivity index (χ0n) is 18.0. The topological polar surface area (TPSA) is 101 Å². The minimum atomic E-state index is -3.99. The van der Waals surface area contributed by atoms with Crippen LogP contribution < -0.4 is 9.62 Å². The predicted molar refractivity (Wildman–Crippen MR) is 131 cm³/mol. The summed E-state index contributed by atoms with van der Waals surface area (Å²) in [5.41, 5.74) is 1.04. The number of hydrogen-bond acceptors (Lipinski definition) is 5. The highest BCUT2D eigenvalue weighted by Gasteiger charge is 2.27. The lowest BCUT2D eigenvalue weighted by molar-refractivity contribution is -0.120. The second-order valence-electron chi connectivity index (χ2n) is 7.43. The number of hydrogen-bond donors (Lipinski definition) is 1. The molecule has 0 aliphatic carbocycles. The normalized spacial score (nSPS) is 12.7. The van der Waals surface area contributed by atoms with Gasteiger partial charge in [-0.2, -0.15) is 0 Å². The first-order chi connectivity index (χ1) is 15.5. The lowest BCUT2D eigenvalue weighted by Gasteiger charge is -2.25. The zero-order valence-corrected chi connectivity index (χ0v) is 21.2. The number of sulfone groups is 1. The van der Waals surface area contributed by atoms with Crippen LogP contribution in [-0.2, 0) is 24.7 Å². The van der Waals surface area contributed by atoms with Crippen molar-refractivity contribution in [3.8, 4) is 0 Å². The average Bonchev–Trinajstić information content (AvgIpc) is 2.78. The molecule has 33 heavy (non-hydrogen) atoms. The van der Waals surface area contributed by atoms with Gasteiger partial charge in [-0.05, 0) is 61.0 Å². The lowest BCUT2D eigenvalue weighted by Crippen LogP contribution is -2.41. The van der Waals surface area contributed by atoms with Crippen molar-refractivity contribution in [1.82, 2.24) is 5.32 Å². The summed E-state index contributed by atoms with van der Waals surface area (Å²) in [5.74, 6) is -0.503. The second kappa shape index (κ2) is 10.1. The molecule has 1 atom stereocenters. The Balaban J connectivity index is 1.84. The SMILES string of the molecule is CC(NC(=O)CN(c1ccc(Br)cc1)S(=O)(=O)c1ccccc1)c1ccc(S(C)(=O)=O)cc1. The number of anilines is 1. The summed E-state index contributed by atoms with van der Waals surface area (Å²) < 4.78 is 51.8. The Morgan fingerprint density at radius 3 is 2.00 bits per heavy atom. The van der Waals surface area contributed by atoms with Crippen molar-refractivity contribution in [1.29, 1.82) is 0 Å². The van der Waals surface area contributed by atoms with Crippen LogP contribution in [0.25, 0.3) is 0 Å². The van der Waals surface area contributed by atoms with E-state index in [2.05, 4.69) is 21.2 Å². The van der Waals surface area contributed by atoms with E-state index in [-0.39, 0.29) is 9.79 Å². The number of rotatable bonds is 8. The number of nitrogens with zero attached hydrogens (tertiary/aromatic N) is 1. The van der Waals surface area contributed by atoms with Gasteiger partial charge in [0.2, 0.25) is 5.91 Å². The van der Waals surface area contributed by atoms with E-state index >= 15 is 0 Å². The number of carbonyl (C=O) groups excluding carboxylic acids is 1. The first-order valence-electron chi connectivity index (χ1n) is 9.91. The fraction of sp³-hybridized carbons (Fsp3) is 0.174. The molecule has 0 bridgehead atoms. The van der Waals surface area contributed by atoms with Crippen molar-refractivity contribution in [2.45, 2.75) is 22.8 Å². The number of carbonyl (C=O) groups is 1. The van der Waals surface area contributed by atoms with Gasteiger partial charge in [0.1, 0.15) is 6.54 Å². The van der Waals surface area contributed by atoms with Crippen molar-refractivity contribution in [2.75, 3.05) is 17.1 Å². The van der Waals surface area contributed by atoms with E-state index in [1.807, 2.05) is 0 Å². The zero-order chi connectivity index (χ0) is 24.2. The van der Waals surface area contributed by atoms with Crippen molar-refractivity contribution < 1.29 is 21.6 Å². The van der Waals surface area contributed by atoms with Crippen LogP contribution in [0.4, 0.5) is 5.69 Å². The minimum absolute atomic E-state index is 0.0742. The molecule has 3 rings (SSSR count). The van der Waals surface area contributed by atoms with Crippen LogP contribution >= 0.6 is 15.9 Å². The fourth-order valence-corrected chi connectivity index (χ4v) is 5.48. The molecular weight excluding hydrogens is 528 g/mol. The predicted octanol–water partition coefficient (Wildman–Crippen LogP) is 3.93. The maximum atomic E-state index is 13.3. The van der Waals surface area contributed by atoms with Crippen molar-refractivity contribution >= 4 is 47.4 Å². The molecule has 0 aliphatic rings. The first kappa shape index (κ1) is 24.9. The van der Waals surface area contributed by atoms with E-state index in [1.54, 1.807) is 61.5 Å². The smallest absolute Gasteiger partial charge is 0.264 e. The molecular formula is C23H23BrN2O5S2. The molecule has 0 heterocycles. The monoisotopic (exact) mass is 550 g/mol. The van der Waals surface area contributed by atoms with Gasteiger partial charge in [0.05, 0.1) is 21.5 Å². The van der Waals surface area contributed by atoms with Gasteiger partial charge in [0.25, 0.3) is 10.0 Å². The van der Waals surface area contributed by atoms with Gasteiger partial charge < -0.3 is 5.32 Å². The second-order valence-corrected chi connectivity index (χ2v) is 12.2. The van der Waals surface area contributed by atoms with Crippen LogP contribution in [-0.4, -0.2) is 35.5 Å². The number of benzene rings is 3. The van der Waals surface area contributed by atoms with Crippen LogP contribution in [0.2, 0.25) is 0 Å². The molecule has 3 aromatic rings. The van der Waals surface area contributed by atoms with E-state index in [4.69, 9.17) is 0 Å². The molecule has 0 saturated carbocycles. The summed E-state index contributed by atoms with van der Waals surface area (Å²) in [4.78, 5) is 13.1. The Labute approximate surface area is 202 Å². The summed E-state index contributed by atoms with van der Waals surface area (Å²) >= 11 is 3.33. The highest BCUT2D eigenvalue weighted by Crippen LogP contribution is 2.25. The number of sulfonamides is 1. The lowest BCUT2D eigenvalue weighted by atomic mass is 10.1. The minimum Gasteiger partial charge on any atom is -0.348 e. The van der Waals surface area contributed by atoms with Gasteiger partial charge in [-0.15, -0.1) is 0 Å². The molecule has 0 aromatic heterocycles. The van der Waals surface area contributed by atoms with E-state index in [0.29, 0.717) is 11.3 Å². The third-order valence-corrected chi connectivity index (χ3v) is 8.36. The molecule has 3 aromatic carbocycles. The number of amides is 1. The largest absolute Gasteiger partial charge is 0.348 e. The quantitative estimate of drug-likeness (QED) is 0.458. The van der Waals surface area contributed by atoms with Gasteiger partial charge in [-0.1, -0.05) is 46.3 Å². The first-order valence-corrected chi connectivity index (χ1v) is 14.0. The van der Waals surface area contributed by atoms with E-state index < -0.39 is 38.4 Å². The van der Waals surface area contributed by atoms with Gasteiger partial charge >= 0.3 is 0 Å². The van der Waals surface area contributed by atoms with Crippen LogP contribution in [0, 0.1) is 0 Å². The number of halogens is 1. The molecule has 0 spiro atoms. The molecule has 0 radical (unpaired) electrons. The molecule has 1 unspecified atom stereocenters. The molecule has 10 heteroatoms. The summed E-state index contributed by atoms with van der Waals surface area (Å²) in [5, 5.41) is 2.79. The van der Waals surface area contributed by atoms with E-state index in [1.165, 1.54) is 24.3 Å². The maximum Gasteiger partial charge on any atom is 0.264 e. The molecule has 1 amide bonds. The molecule has 1 N–H and O–H groups in total. The van der Waals surface area contributed by atoms with Gasteiger partial charge in [0.15, 0.2) is 9.84 Å². The molecule has 0 fully saturated rings. The third-order valence-electron chi connectivity index (χ3n) is 4.92. The van der Waals surface area contributed by atoms with Gasteiger partial charge in [-0.3, -0.25) is 9.10 Å². The summed E-state index contributed by atoms with van der Waals surface area (Å²) in [6.07, 6.45) is 1.12. The Kier molecular flexibility index (Phi) is 7.61. The van der Waals surface area contributed by atoms with Crippen molar-refractivity contribution in [2.24, 2.45) is 0 Å². The highest BCUT2D eigenvalue weighted by atomic mass is 79.9. The Hall–Kier alpha value is -2.69. The number of nitrogens with one attached hydrogen (secondary N) is 1. The highest BCUT2D eigenvalue weighted by molar-refractivity contribution is 9.10. The maximum absolute atomic E-state index is 13.3. The van der Waals surface area contributed by atoms with E-state index in [9.17, 15) is 21.6 Å². The molecule has 174 valence electrons. The van der Waals surface area contributed by atoms with E-state index in [0.717, 1.165) is 15.0 Å². The Bertz CT molecular complexity index is 1330. The van der Waals surface area contributed by atoms with Crippen molar-refractivity contribution in [3.63, 3.8) is 0 Å². The van der Waals surface area contributed by atoms with Crippen LogP contribution in [0.5, 0.6) is 0 Å². The Morgan fingerprint density at radius 2 is 1.45 bits per heavy atom. The standard InChI is InChI=1S/C23H23BrN2O5S2/c1-17(18-8-14-21(15-9-18)32(2,28)29)25-23(27)16-26(20-12-10-19(24)11-13-20)33(30,31)22-6-4-3-5-7-22/h3-15,17H,16H2,1-2H3,(H,25,27). The van der Waals surface area contributed by atoms with Crippen molar-refractivity contribution in [3.05, 3.63) is 88.9 Å². The molecule has 0 saturated heterocycles. The summed E-state index contributed by atoms with van der Waals surface area (Å²) in [6.45, 7) is 1.31.